The molecule has 3 nitrogen and oxygen atoms in total. The Bertz CT molecular complexity index is 135. The fourth-order valence-corrected chi connectivity index (χ4v) is 0.335. The van der Waals surface area contributed by atoms with E-state index in [9.17, 15) is 0 Å². The van der Waals surface area contributed by atoms with Gasteiger partial charge in [-0.1, -0.05) is 19.8 Å². The van der Waals surface area contributed by atoms with E-state index in [-0.39, 0.29) is 12.5 Å². The third-order valence-electron chi connectivity index (χ3n) is 0.904. The summed E-state index contributed by atoms with van der Waals surface area (Å²) in [6.07, 6.45) is 1.86. The fraction of sp³-hybridized carbons (Fsp3) is 0.625. The molecule has 0 fully saturated rings. The lowest BCUT2D eigenvalue weighted by Crippen LogP contribution is -2.15. The van der Waals surface area contributed by atoms with Crippen LogP contribution in [-0.4, -0.2) is 17.6 Å². The van der Waals surface area contributed by atoms with Crippen molar-refractivity contribution >= 4 is 6.47 Å². The van der Waals surface area contributed by atoms with Crippen molar-refractivity contribution in [3.05, 3.63) is 0 Å². The van der Waals surface area contributed by atoms with E-state index in [1.807, 2.05) is 13.8 Å². The maximum atomic E-state index is 8.36. The topological polar surface area (TPSA) is 63.3 Å². The molecule has 0 amide bonds. The van der Waals surface area contributed by atoms with Crippen molar-refractivity contribution in [2.24, 2.45) is 5.73 Å². The zero-order valence-corrected chi connectivity index (χ0v) is 7.00. The number of rotatable bonds is 1. The minimum absolute atomic E-state index is 0.0925. The standard InChI is InChI=1S/C7H13N.CH2O2/c1-3-5-6-7(8)4-2;2-1-3/h7H,3-4,8H2,1-2H3;1H,(H,2,3). The normalized spacial score (nSPS) is 9.73. The average Bonchev–Trinajstić information content (AvgIpc) is 2.02. The van der Waals surface area contributed by atoms with Gasteiger partial charge in [0, 0.05) is 6.42 Å². The molecule has 0 saturated carbocycles. The van der Waals surface area contributed by atoms with Gasteiger partial charge in [0.25, 0.3) is 6.47 Å². The van der Waals surface area contributed by atoms with Gasteiger partial charge in [-0.25, -0.2) is 0 Å². The first-order valence-electron chi connectivity index (χ1n) is 3.54. The van der Waals surface area contributed by atoms with Crippen LogP contribution < -0.4 is 5.73 Å². The van der Waals surface area contributed by atoms with Crippen molar-refractivity contribution in [1.82, 2.24) is 0 Å². The van der Waals surface area contributed by atoms with Crippen molar-refractivity contribution in [2.45, 2.75) is 32.7 Å². The largest absolute Gasteiger partial charge is 0.483 e. The second-order valence-electron chi connectivity index (χ2n) is 1.79. The minimum atomic E-state index is -0.250. The van der Waals surface area contributed by atoms with Gasteiger partial charge < -0.3 is 10.8 Å². The molecule has 1 unspecified atom stereocenters. The number of nitrogens with two attached hydrogens (primary N) is 1. The summed E-state index contributed by atoms with van der Waals surface area (Å²) in [5.41, 5.74) is 5.49. The van der Waals surface area contributed by atoms with Crippen molar-refractivity contribution in [3.63, 3.8) is 0 Å². The lowest BCUT2D eigenvalue weighted by atomic mass is 10.2. The maximum Gasteiger partial charge on any atom is 0.290 e. The summed E-state index contributed by atoms with van der Waals surface area (Å²) in [4.78, 5) is 8.36. The molecule has 0 saturated heterocycles. The van der Waals surface area contributed by atoms with Gasteiger partial charge in [-0.3, -0.25) is 4.79 Å². The molecule has 11 heavy (non-hydrogen) atoms. The molecule has 0 heterocycles. The van der Waals surface area contributed by atoms with Crippen molar-refractivity contribution < 1.29 is 9.90 Å². The van der Waals surface area contributed by atoms with Crippen molar-refractivity contribution in [3.8, 4) is 11.8 Å². The third kappa shape index (κ3) is 17.6. The summed E-state index contributed by atoms with van der Waals surface area (Å²) < 4.78 is 0. The fourth-order valence-electron chi connectivity index (χ4n) is 0.335. The van der Waals surface area contributed by atoms with Gasteiger partial charge >= 0.3 is 0 Å². The molecule has 0 aromatic heterocycles. The molecule has 3 N–H and O–H groups in total. The van der Waals surface area contributed by atoms with E-state index in [1.54, 1.807) is 0 Å². The predicted molar refractivity (Wildman–Crippen MR) is 45.0 cm³/mol. The monoisotopic (exact) mass is 157 g/mol. The first-order chi connectivity index (χ1) is 5.22. The van der Waals surface area contributed by atoms with Gasteiger partial charge in [-0.15, -0.1) is 5.92 Å². The van der Waals surface area contributed by atoms with Gasteiger partial charge in [-0.2, -0.15) is 0 Å². The number of carboxylic acid groups (broad SMARTS) is 1. The smallest absolute Gasteiger partial charge is 0.290 e. The van der Waals surface area contributed by atoms with Crippen LogP contribution in [0.25, 0.3) is 0 Å². The van der Waals surface area contributed by atoms with Crippen LogP contribution in [0.3, 0.4) is 0 Å². The van der Waals surface area contributed by atoms with Gasteiger partial charge in [0.15, 0.2) is 0 Å². The first-order valence-corrected chi connectivity index (χ1v) is 3.54. The van der Waals surface area contributed by atoms with E-state index in [0.29, 0.717) is 0 Å². The second-order valence-corrected chi connectivity index (χ2v) is 1.79. The zero-order valence-electron chi connectivity index (χ0n) is 7.00. The summed E-state index contributed by atoms with van der Waals surface area (Å²) in [5.74, 6) is 5.83. The SMILES string of the molecule is CCC#CC(N)CC.O=CO. The summed E-state index contributed by atoms with van der Waals surface area (Å²) in [6.45, 7) is 3.81. The molecular formula is C8H15NO2. The second kappa shape index (κ2) is 11.7. The highest BCUT2D eigenvalue weighted by Crippen LogP contribution is 1.81. The van der Waals surface area contributed by atoms with Crippen LogP contribution in [0.4, 0.5) is 0 Å². The highest BCUT2D eigenvalue weighted by atomic mass is 16.3. The predicted octanol–water partition coefficient (Wildman–Crippen LogP) is 0.838. The van der Waals surface area contributed by atoms with E-state index >= 15 is 0 Å². The van der Waals surface area contributed by atoms with Crippen LogP contribution in [0.5, 0.6) is 0 Å². The summed E-state index contributed by atoms with van der Waals surface area (Å²) in [5, 5.41) is 6.89. The van der Waals surface area contributed by atoms with Gasteiger partial charge in [-0.05, 0) is 6.42 Å². The summed E-state index contributed by atoms with van der Waals surface area (Å²) in [7, 11) is 0. The van der Waals surface area contributed by atoms with E-state index < -0.39 is 0 Å². The Morgan fingerprint density at radius 1 is 1.64 bits per heavy atom. The van der Waals surface area contributed by atoms with E-state index in [4.69, 9.17) is 15.6 Å². The highest BCUT2D eigenvalue weighted by Gasteiger charge is 1.86. The molecule has 0 rings (SSSR count). The Morgan fingerprint density at radius 3 is 2.36 bits per heavy atom. The molecule has 64 valence electrons. The molecule has 0 aromatic rings. The zero-order chi connectivity index (χ0) is 9.11. The summed E-state index contributed by atoms with van der Waals surface area (Å²) in [6, 6.07) is 0.0925. The summed E-state index contributed by atoms with van der Waals surface area (Å²) >= 11 is 0. The molecule has 0 aliphatic rings. The number of carbonyl (C=O) groups is 1. The molecule has 0 spiro atoms. The Kier molecular flexibility index (Phi) is 13.5. The number of hydrogen-bond acceptors (Lipinski definition) is 2. The third-order valence-corrected chi connectivity index (χ3v) is 0.904. The average molecular weight is 157 g/mol. The van der Waals surface area contributed by atoms with Gasteiger partial charge in [0.2, 0.25) is 0 Å². The molecule has 3 heteroatoms. The highest BCUT2D eigenvalue weighted by molar-refractivity contribution is 5.32. The van der Waals surface area contributed by atoms with Gasteiger partial charge in [0.05, 0.1) is 6.04 Å². The van der Waals surface area contributed by atoms with Crippen molar-refractivity contribution in [1.29, 1.82) is 0 Å². The van der Waals surface area contributed by atoms with Crippen LogP contribution in [0, 0.1) is 11.8 Å². The van der Waals surface area contributed by atoms with Crippen LogP contribution in [0.2, 0.25) is 0 Å². The number of hydrogen-bond donors (Lipinski definition) is 2. The quantitative estimate of drug-likeness (QED) is 0.438. The maximum absolute atomic E-state index is 8.36. The Labute approximate surface area is 67.6 Å². The van der Waals surface area contributed by atoms with Gasteiger partial charge in [0.1, 0.15) is 0 Å². The van der Waals surface area contributed by atoms with Crippen LogP contribution >= 0.6 is 0 Å². The molecule has 0 bridgehead atoms. The van der Waals surface area contributed by atoms with E-state index in [2.05, 4.69) is 11.8 Å². The molecule has 0 aromatic carbocycles. The van der Waals surface area contributed by atoms with E-state index in [0.717, 1.165) is 12.8 Å². The van der Waals surface area contributed by atoms with Crippen LogP contribution in [0.1, 0.15) is 26.7 Å². The first kappa shape index (κ1) is 12.6. The van der Waals surface area contributed by atoms with Crippen molar-refractivity contribution in [2.75, 3.05) is 0 Å². The molecule has 0 radical (unpaired) electrons. The molecule has 0 aliphatic heterocycles. The molecule has 0 aliphatic carbocycles. The molecule has 1 atom stereocenters. The van der Waals surface area contributed by atoms with Crippen LogP contribution in [-0.2, 0) is 4.79 Å². The Balaban J connectivity index is 0. The molecular weight excluding hydrogens is 142 g/mol. The Morgan fingerprint density at radius 2 is 2.09 bits per heavy atom. The minimum Gasteiger partial charge on any atom is -0.483 e. The van der Waals surface area contributed by atoms with E-state index in [1.165, 1.54) is 0 Å². The Hall–Kier alpha value is -1.01. The lowest BCUT2D eigenvalue weighted by molar-refractivity contribution is -0.122. The lowest BCUT2D eigenvalue weighted by Gasteiger charge is -1.93. The van der Waals surface area contributed by atoms with Crippen LogP contribution in [0.15, 0.2) is 0 Å².